The average molecular weight is 285 g/mol. The zero-order chi connectivity index (χ0) is 15.0. The van der Waals surface area contributed by atoms with E-state index in [2.05, 4.69) is 28.7 Å². The lowest BCUT2D eigenvalue weighted by Crippen LogP contribution is -2.22. The number of hydrogen-bond donors (Lipinski definition) is 1. The van der Waals surface area contributed by atoms with Crippen LogP contribution in [0.25, 0.3) is 10.9 Å². The van der Waals surface area contributed by atoms with Crippen molar-refractivity contribution < 1.29 is 9.90 Å². The van der Waals surface area contributed by atoms with Crippen LogP contribution in [0.3, 0.4) is 0 Å². The molecule has 21 heavy (non-hydrogen) atoms. The Morgan fingerprint density at radius 3 is 2.86 bits per heavy atom. The molecule has 0 saturated carbocycles. The summed E-state index contributed by atoms with van der Waals surface area (Å²) in [6, 6.07) is 5.04. The van der Waals surface area contributed by atoms with Gasteiger partial charge in [0.25, 0.3) is 0 Å². The molecule has 2 heterocycles. The van der Waals surface area contributed by atoms with Gasteiger partial charge >= 0.3 is 5.97 Å². The van der Waals surface area contributed by atoms with Gasteiger partial charge in [-0.2, -0.15) is 0 Å². The SMILES string of the molecule is CC(C)C1CCN(c2ncnc3cc(C(=O)O)ccc23)C1. The van der Waals surface area contributed by atoms with Gasteiger partial charge in [-0.15, -0.1) is 0 Å². The molecule has 5 nitrogen and oxygen atoms in total. The third kappa shape index (κ3) is 2.55. The number of aromatic carboxylic acids is 1. The van der Waals surface area contributed by atoms with Gasteiger partial charge in [0.15, 0.2) is 0 Å². The molecule has 1 aliphatic heterocycles. The first-order chi connectivity index (χ1) is 10.1. The summed E-state index contributed by atoms with van der Waals surface area (Å²) >= 11 is 0. The molecule has 1 saturated heterocycles. The number of benzene rings is 1. The fraction of sp³-hybridized carbons (Fsp3) is 0.438. The molecule has 1 fully saturated rings. The number of rotatable bonds is 3. The quantitative estimate of drug-likeness (QED) is 0.939. The molecular formula is C16H19N3O2. The van der Waals surface area contributed by atoms with Crippen LogP contribution in [0.5, 0.6) is 0 Å². The van der Waals surface area contributed by atoms with Crippen molar-refractivity contribution in [1.29, 1.82) is 0 Å². The molecule has 0 spiro atoms. The summed E-state index contributed by atoms with van der Waals surface area (Å²) in [6.07, 6.45) is 2.70. The van der Waals surface area contributed by atoms with Gasteiger partial charge < -0.3 is 10.0 Å². The summed E-state index contributed by atoms with van der Waals surface area (Å²) in [5.41, 5.74) is 0.946. The third-order valence-electron chi connectivity index (χ3n) is 4.33. The number of carbonyl (C=O) groups is 1. The Bertz CT molecular complexity index is 684. The average Bonchev–Trinajstić information content (AvgIpc) is 2.95. The minimum Gasteiger partial charge on any atom is -0.478 e. The molecule has 2 aromatic rings. The fourth-order valence-corrected chi connectivity index (χ4v) is 2.95. The molecule has 1 aromatic heterocycles. The smallest absolute Gasteiger partial charge is 0.335 e. The second-order valence-electron chi connectivity index (χ2n) is 5.97. The number of nitrogens with zero attached hydrogens (tertiary/aromatic N) is 3. The lowest BCUT2D eigenvalue weighted by atomic mass is 9.95. The lowest BCUT2D eigenvalue weighted by Gasteiger charge is -2.20. The molecule has 110 valence electrons. The number of carboxylic acid groups (broad SMARTS) is 1. The van der Waals surface area contributed by atoms with E-state index in [1.165, 1.54) is 12.7 Å². The molecule has 1 aliphatic rings. The minimum atomic E-state index is -0.932. The van der Waals surface area contributed by atoms with Crippen molar-refractivity contribution in [3.63, 3.8) is 0 Å². The van der Waals surface area contributed by atoms with Crippen LogP contribution in [0.15, 0.2) is 24.5 Å². The van der Waals surface area contributed by atoms with Crippen LogP contribution in [0.1, 0.15) is 30.6 Å². The highest BCUT2D eigenvalue weighted by molar-refractivity contribution is 5.96. The van der Waals surface area contributed by atoms with Crippen molar-refractivity contribution in [1.82, 2.24) is 9.97 Å². The van der Waals surface area contributed by atoms with E-state index in [9.17, 15) is 4.79 Å². The van der Waals surface area contributed by atoms with Crippen LogP contribution < -0.4 is 4.90 Å². The van der Waals surface area contributed by atoms with Crippen LogP contribution >= 0.6 is 0 Å². The van der Waals surface area contributed by atoms with E-state index in [1.807, 2.05) is 6.07 Å². The van der Waals surface area contributed by atoms with Crippen molar-refractivity contribution in [3.8, 4) is 0 Å². The van der Waals surface area contributed by atoms with Gasteiger partial charge in [0.1, 0.15) is 12.1 Å². The molecule has 0 aliphatic carbocycles. The molecule has 1 N–H and O–H groups in total. The molecule has 0 amide bonds. The number of hydrogen-bond acceptors (Lipinski definition) is 4. The van der Waals surface area contributed by atoms with E-state index in [0.717, 1.165) is 24.3 Å². The van der Waals surface area contributed by atoms with Crippen molar-refractivity contribution in [2.45, 2.75) is 20.3 Å². The molecule has 5 heteroatoms. The summed E-state index contributed by atoms with van der Waals surface area (Å²) in [6.45, 7) is 6.51. The Kier molecular flexibility index (Phi) is 3.49. The van der Waals surface area contributed by atoms with E-state index in [4.69, 9.17) is 5.11 Å². The maximum absolute atomic E-state index is 11.0. The van der Waals surface area contributed by atoms with E-state index in [1.54, 1.807) is 12.1 Å². The van der Waals surface area contributed by atoms with Gasteiger partial charge in [-0.1, -0.05) is 13.8 Å². The standard InChI is InChI=1S/C16H19N3O2/c1-10(2)12-5-6-19(8-12)15-13-4-3-11(16(20)21)7-14(13)17-9-18-15/h3-4,7,9-10,12H,5-6,8H2,1-2H3,(H,20,21). The summed E-state index contributed by atoms with van der Waals surface area (Å²) in [5, 5.41) is 9.99. The molecule has 1 atom stereocenters. The monoisotopic (exact) mass is 285 g/mol. The summed E-state index contributed by atoms with van der Waals surface area (Å²) < 4.78 is 0. The van der Waals surface area contributed by atoms with E-state index >= 15 is 0 Å². The minimum absolute atomic E-state index is 0.258. The molecule has 1 aromatic carbocycles. The zero-order valence-corrected chi connectivity index (χ0v) is 12.3. The first-order valence-corrected chi connectivity index (χ1v) is 7.29. The van der Waals surface area contributed by atoms with E-state index < -0.39 is 5.97 Å². The van der Waals surface area contributed by atoms with Crippen molar-refractivity contribution in [3.05, 3.63) is 30.1 Å². The normalized spacial score (nSPS) is 18.6. The van der Waals surface area contributed by atoms with Gasteiger partial charge in [0.05, 0.1) is 11.1 Å². The highest BCUT2D eigenvalue weighted by Crippen LogP contribution is 2.31. The maximum Gasteiger partial charge on any atom is 0.335 e. The summed E-state index contributed by atoms with van der Waals surface area (Å²) in [4.78, 5) is 22.0. The Labute approximate surface area is 123 Å². The molecule has 0 radical (unpaired) electrons. The molecular weight excluding hydrogens is 266 g/mol. The van der Waals surface area contributed by atoms with E-state index in [0.29, 0.717) is 17.4 Å². The van der Waals surface area contributed by atoms with Crippen LogP contribution in [0, 0.1) is 11.8 Å². The highest BCUT2D eigenvalue weighted by Gasteiger charge is 2.26. The zero-order valence-electron chi connectivity index (χ0n) is 12.3. The number of fused-ring (bicyclic) bond motifs is 1. The lowest BCUT2D eigenvalue weighted by molar-refractivity contribution is 0.0697. The third-order valence-corrected chi connectivity index (χ3v) is 4.33. The predicted octanol–water partition coefficient (Wildman–Crippen LogP) is 2.81. The Morgan fingerprint density at radius 2 is 2.19 bits per heavy atom. The van der Waals surface area contributed by atoms with Crippen LogP contribution in [0.4, 0.5) is 5.82 Å². The van der Waals surface area contributed by atoms with E-state index in [-0.39, 0.29) is 5.56 Å². The summed E-state index contributed by atoms with van der Waals surface area (Å²) in [7, 11) is 0. The second kappa shape index (κ2) is 5.31. The van der Waals surface area contributed by atoms with Gasteiger partial charge in [0, 0.05) is 18.5 Å². The summed E-state index contributed by atoms with van der Waals surface area (Å²) in [5.74, 6) is 1.34. The van der Waals surface area contributed by atoms with Gasteiger partial charge in [-0.25, -0.2) is 14.8 Å². The van der Waals surface area contributed by atoms with Crippen LogP contribution in [0.2, 0.25) is 0 Å². The first-order valence-electron chi connectivity index (χ1n) is 7.29. The second-order valence-corrected chi connectivity index (χ2v) is 5.97. The fourth-order valence-electron chi connectivity index (χ4n) is 2.95. The largest absolute Gasteiger partial charge is 0.478 e. The van der Waals surface area contributed by atoms with Crippen molar-refractivity contribution >= 4 is 22.7 Å². The Morgan fingerprint density at radius 1 is 1.38 bits per heavy atom. The molecule has 1 unspecified atom stereocenters. The van der Waals surface area contributed by atoms with Gasteiger partial charge in [0.2, 0.25) is 0 Å². The number of aromatic nitrogens is 2. The van der Waals surface area contributed by atoms with Crippen molar-refractivity contribution in [2.24, 2.45) is 11.8 Å². The Hall–Kier alpha value is -2.17. The predicted molar refractivity (Wildman–Crippen MR) is 81.7 cm³/mol. The van der Waals surface area contributed by atoms with Gasteiger partial charge in [-0.3, -0.25) is 0 Å². The topological polar surface area (TPSA) is 66.3 Å². The number of anilines is 1. The molecule has 3 rings (SSSR count). The highest BCUT2D eigenvalue weighted by atomic mass is 16.4. The van der Waals surface area contributed by atoms with Crippen LogP contribution in [-0.2, 0) is 0 Å². The Balaban J connectivity index is 1.98. The molecule has 0 bridgehead atoms. The van der Waals surface area contributed by atoms with Crippen LogP contribution in [-0.4, -0.2) is 34.1 Å². The van der Waals surface area contributed by atoms with Gasteiger partial charge in [-0.05, 0) is 36.5 Å². The maximum atomic E-state index is 11.0. The van der Waals surface area contributed by atoms with Crippen molar-refractivity contribution in [2.75, 3.05) is 18.0 Å². The first kappa shape index (κ1) is 13.8. The number of carboxylic acids is 1.